The van der Waals surface area contributed by atoms with E-state index in [-0.39, 0.29) is 10.8 Å². The van der Waals surface area contributed by atoms with Gasteiger partial charge in [-0.1, -0.05) is 96.2 Å². The van der Waals surface area contributed by atoms with Crippen molar-refractivity contribution in [1.29, 1.82) is 0 Å². The SMILES string of the molecule is C\C=C/C(=C\C=C\c1cc(I)cc(-c2ccc(C(C)(C)C)cc2)c1)C(C)(C)C. The average molecular weight is 484 g/mol. The Balaban J connectivity index is 2.33. The van der Waals surface area contributed by atoms with Crippen molar-refractivity contribution in [2.75, 3.05) is 0 Å². The molecule has 0 aliphatic carbocycles. The summed E-state index contributed by atoms with van der Waals surface area (Å²) in [5.41, 5.74) is 6.78. The molecular weight excluding hydrogens is 451 g/mol. The lowest BCUT2D eigenvalue weighted by Gasteiger charge is -2.19. The number of hydrogen-bond acceptors (Lipinski definition) is 0. The molecule has 0 saturated carbocycles. The molecule has 0 N–H and O–H groups in total. The molecule has 0 aromatic heterocycles. The van der Waals surface area contributed by atoms with Gasteiger partial charge in [0.2, 0.25) is 0 Å². The van der Waals surface area contributed by atoms with Crippen LogP contribution in [0.15, 0.2) is 72.3 Å². The van der Waals surface area contributed by atoms with Gasteiger partial charge < -0.3 is 0 Å². The number of hydrogen-bond donors (Lipinski definition) is 0. The lowest BCUT2D eigenvalue weighted by molar-refractivity contribution is 0.517. The van der Waals surface area contributed by atoms with Crippen LogP contribution >= 0.6 is 22.6 Å². The Bertz CT molecular complexity index is 879. The minimum Gasteiger partial charge on any atom is -0.0874 e. The first kappa shape index (κ1) is 22.7. The van der Waals surface area contributed by atoms with Crippen LogP contribution in [0.2, 0.25) is 0 Å². The van der Waals surface area contributed by atoms with Crippen LogP contribution in [0.1, 0.15) is 59.6 Å². The van der Waals surface area contributed by atoms with Gasteiger partial charge in [-0.05, 0) is 86.4 Å². The smallest absolute Gasteiger partial charge is 0.0142 e. The highest BCUT2D eigenvalue weighted by Crippen LogP contribution is 2.29. The number of rotatable bonds is 4. The van der Waals surface area contributed by atoms with E-state index in [1.165, 1.54) is 31.4 Å². The molecule has 0 bridgehead atoms. The molecule has 28 heavy (non-hydrogen) atoms. The number of halogens is 1. The van der Waals surface area contributed by atoms with Crippen LogP contribution in [0.3, 0.4) is 0 Å². The Hall–Kier alpha value is -1.61. The van der Waals surface area contributed by atoms with Crippen LogP contribution in [0, 0.1) is 8.99 Å². The molecule has 0 saturated heterocycles. The summed E-state index contributed by atoms with van der Waals surface area (Å²) >= 11 is 2.41. The first-order chi connectivity index (χ1) is 13.0. The summed E-state index contributed by atoms with van der Waals surface area (Å²) in [7, 11) is 0. The van der Waals surface area contributed by atoms with Crippen molar-refractivity contribution in [3.05, 3.63) is 87.0 Å². The zero-order chi connectivity index (χ0) is 20.9. The average Bonchev–Trinajstić information content (AvgIpc) is 2.59. The van der Waals surface area contributed by atoms with Gasteiger partial charge in [0.1, 0.15) is 0 Å². The molecule has 2 aromatic rings. The quantitative estimate of drug-likeness (QED) is 0.300. The molecule has 1 heteroatoms. The lowest BCUT2D eigenvalue weighted by Crippen LogP contribution is -2.10. The van der Waals surface area contributed by atoms with Crippen molar-refractivity contribution in [2.24, 2.45) is 5.41 Å². The van der Waals surface area contributed by atoms with Crippen molar-refractivity contribution in [3.8, 4) is 11.1 Å². The molecule has 2 rings (SSSR count). The summed E-state index contributed by atoms with van der Waals surface area (Å²) in [6.45, 7) is 15.6. The third kappa shape index (κ3) is 6.48. The third-order valence-corrected chi connectivity index (χ3v) is 5.40. The van der Waals surface area contributed by atoms with E-state index in [1.807, 2.05) is 0 Å². The second-order valence-electron chi connectivity index (χ2n) is 9.33. The monoisotopic (exact) mass is 484 g/mol. The molecule has 0 atom stereocenters. The molecule has 2 aromatic carbocycles. The van der Waals surface area contributed by atoms with Gasteiger partial charge in [-0.25, -0.2) is 0 Å². The van der Waals surface area contributed by atoms with Gasteiger partial charge in [0, 0.05) is 3.57 Å². The van der Waals surface area contributed by atoms with Gasteiger partial charge in [-0.2, -0.15) is 0 Å². The fraction of sp³-hybridized carbons (Fsp3) is 0.333. The van der Waals surface area contributed by atoms with Crippen molar-refractivity contribution in [2.45, 2.75) is 53.9 Å². The van der Waals surface area contributed by atoms with E-state index in [0.717, 1.165) is 0 Å². The maximum Gasteiger partial charge on any atom is 0.0142 e. The maximum atomic E-state index is 2.41. The molecule has 148 valence electrons. The van der Waals surface area contributed by atoms with Crippen molar-refractivity contribution in [1.82, 2.24) is 0 Å². The normalized spacial score (nSPS) is 13.6. The largest absolute Gasteiger partial charge is 0.0874 e. The third-order valence-electron chi connectivity index (χ3n) is 4.78. The topological polar surface area (TPSA) is 0 Å². The van der Waals surface area contributed by atoms with Crippen LogP contribution in [0.25, 0.3) is 17.2 Å². The van der Waals surface area contributed by atoms with E-state index < -0.39 is 0 Å². The molecule has 0 amide bonds. The molecule has 0 spiro atoms. The second kappa shape index (κ2) is 9.26. The Morgan fingerprint density at radius 1 is 0.857 bits per heavy atom. The fourth-order valence-corrected chi connectivity index (χ4v) is 3.73. The minimum atomic E-state index is 0.141. The molecule has 0 aliphatic heterocycles. The van der Waals surface area contributed by atoms with Crippen molar-refractivity contribution in [3.63, 3.8) is 0 Å². The van der Waals surface area contributed by atoms with E-state index in [4.69, 9.17) is 0 Å². The molecule has 0 unspecified atom stereocenters. The fourth-order valence-electron chi connectivity index (χ4n) is 3.04. The highest BCUT2D eigenvalue weighted by molar-refractivity contribution is 14.1. The lowest BCUT2D eigenvalue weighted by atomic mass is 9.86. The highest BCUT2D eigenvalue weighted by Gasteiger charge is 2.14. The zero-order valence-electron chi connectivity index (χ0n) is 18.3. The van der Waals surface area contributed by atoms with E-state index in [1.54, 1.807) is 0 Å². The van der Waals surface area contributed by atoms with Gasteiger partial charge in [-0.3, -0.25) is 0 Å². The van der Waals surface area contributed by atoms with Crippen LogP contribution in [-0.4, -0.2) is 0 Å². The summed E-state index contributed by atoms with van der Waals surface area (Å²) in [5.74, 6) is 0. The molecule has 0 fully saturated rings. The van der Waals surface area contributed by atoms with Gasteiger partial charge >= 0.3 is 0 Å². The Morgan fingerprint density at radius 2 is 1.50 bits per heavy atom. The van der Waals surface area contributed by atoms with Crippen molar-refractivity contribution < 1.29 is 0 Å². The van der Waals surface area contributed by atoms with E-state index in [9.17, 15) is 0 Å². The molecule has 0 aliphatic rings. The van der Waals surface area contributed by atoms with Crippen LogP contribution in [-0.2, 0) is 5.41 Å². The second-order valence-corrected chi connectivity index (χ2v) is 10.6. The Labute approximate surface area is 185 Å². The van der Waals surface area contributed by atoms with Crippen molar-refractivity contribution >= 4 is 28.7 Å². The van der Waals surface area contributed by atoms with Crippen LogP contribution in [0.4, 0.5) is 0 Å². The minimum absolute atomic E-state index is 0.141. The van der Waals surface area contributed by atoms with Gasteiger partial charge in [-0.15, -0.1) is 0 Å². The van der Waals surface area contributed by atoms with E-state index >= 15 is 0 Å². The van der Waals surface area contributed by atoms with Crippen LogP contribution < -0.4 is 0 Å². The summed E-state index contributed by atoms with van der Waals surface area (Å²) in [4.78, 5) is 0. The van der Waals surface area contributed by atoms with E-state index in [2.05, 4.69) is 144 Å². The predicted octanol–water partition coefficient (Wildman–Crippen LogP) is 8.82. The van der Waals surface area contributed by atoms with Gasteiger partial charge in [0.05, 0.1) is 0 Å². The molecule has 0 radical (unpaired) electrons. The molecule has 0 nitrogen and oxygen atoms in total. The predicted molar refractivity (Wildman–Crippen MR) is 135 cm³/mol. The Morgan fingerprint density at radius 3 is 2.04 bits per heavy atom. The summed E-state index contributed by atoms with van der Waals surface area (Å²) < 4.78 is 1.25. The summed E-state index contributed by atoms with van der Waals surface area (Å²) in [6, 6.07) is 15.7. The molecule has 0 heterocycles. The standard InChI is InChI=1S/C27H33I/c1-8-10-23(26(2,3)4)12-9-11-20-17-22(19-25(28)18-20)21-13-15-24(16-14-21)27(5,6)7/h8-19H,1-7H3/b10-8-,11-9+,23-12+. The number of allylic oxidation sites excluding steroid dienone is 5. The molecular formula is C27H33I. The first-order valence-electron chi connectivity index (χ1n) is 9.94. The van der Waals surface area contributed by atoms with Gasteiger partial charge in [0.15, 0.2) is 0 Å². The maximum absolute atomic E-state index is 2.41. The first-order valence-corrected chi connectivity index (χ1v) is 11.0. The van der Waals surface area contributed by atoms with E-state index in [0.29, 0.717) is 0 Å². The Kier molecular flexibility index (Phi) is 7.50. The highest BCUT2D eigenvalue weighted by atomic mass is 127. The summed E-state index contributed by atoms with van der Waals surface area (Å²) in [6.07, 6.45) is 10.9. The zero-order valence-corrected chi connectivity index (χ0v) is 20.5. The van der Waals surface area contributed by atoms with Gasteiger partial charge in [0.25, 0.3) is 0 Å². The summed E-state index contributed by atoms with van der Waals surface area (Å²) in [5, 5.41) is 0. The van der Waals surface area contributed by atoms with Crippen LogP contribution in [0.5, 0.6) is 0 Å². The number of benzene rings is 2.